The number of amides is 1. The zero-order chi connectivity index (χ0) is 20.1. The molecular formula is C21H27ClN2O3S. The molecule has 1 fully saturated rings. The van der Waals surface area contributed by atoms with Crippen LogP contribution in [0.3, 0.4) is 0 Å². The zero-order valence-electron chi connectivity index (χ0n) is 16.5. The summed E-state index contributed by atoms with van der Waals surface area (Å²) in [7, 11) is 5.78. The smallest absolute Gasteiger partial charge is 0.412 e. The fourth-order valence-electron chi connectivity index (χ4n) is 4.08. The molecule has 1 saturated carbocycles. The largest absolute Gasteiger partial charge is 0.491 e. The number of halogens is 1. The Bertz CT molecular complexity index is 773. The third kappa shape index (κ3) is 4.99. The molecule has 1 aliphatic rings. The zero-order valence-corrected chi connectivity index (χ0v) is 18.1. The van der Waals surface area contributed by atoms with Crippen LogP contribution in [0.4, 0.5) is 4.79 Å². The summed E-state index contributed by atoms with van der Waals surface area (Å²) in [5.41, 5.74) is 1.35. The van der Waals surface area contributed by atoms with Gasteiger partial charge in [-0.15, -0.1) is 11.3 Å². The molecule has 1 unspecified atom stereocenters. The van der Waals surface area contributed by atoms with E-state index >= 15 is 0 Å². The second-order valence-corrected chi connectivity index (χ2v) is 8.85. The van der Waals surface area contributed by atoms with E-state index in [0.717, 1.165) is 25.7 Å². The maximum atomic E-state index is 12.3. The van der Waals surface area contributed by atoms with Gasteiger partial charge in [-0.25, -0.2) is 4.79 Å². The van der Waals surface area contributed by atoms with Gasteiger partial charge in [-0.1, -0.05) is 41.9 Å². The topological polar surface area (TPSA) is 50.8 Å². The summed E-state index contributed by atoms with van der Waals surface area (Å²) in [4.78, 5) is 14.6. The van der Waals surface area contributed by atoms with Gasteiger partial charge in [0.25, 0.3) is 0 Å². The van der Waals surface area contributed by atoms with E-state index in [2.05, 4.69) is 54.6 Å². The predicted molar refractivity (Wildman–Crippen MR) is 114 cm³/mol. The van der Waals surface area contributed by atoms with Crippen LogP contribution in [0.5, 0.6) is 11.5 Å². The van der Waals surface area contributed by atoms with Crippen molar-refractivity contribution in [1.29, 1.82) is 0 Å². The Hall–Kier alpha value is -1.76. The molecule has 1 aromatic carbocycles. The molecule has 7 heteroatoms. The van der Waals surface area contributed by atoms with Gasteiger partial charge in [0.15, 0.2) is 11.5 Å². The Morgan fingerprint density at radius 3 is 2.50 bits per heavy atom. The van der Waals surface area contributed by atoms with Crippen LogP contribution in [0.1, 0.15) is 37.3 Å². The number of hydrogen-bond acceptors (Lipinski definition) is 5. The number of ether oxygens (including phenoxy) is 2. The fraction of sp³-hybridized carbons (Fsp3) is 0.476. The summed E-state index contributed by atoms with van der Waals surface area (Å²) in [6.45, 7) is 0. The summed E-state index contributed by atoms with van der Waals surface area (Å²) in [6, 6.07) is 11.2. The second-order valence-electron chi connectivity index (χ2n) is 7.37. The molecule has 0 saturated heterocycles. The molecule has 0 radical (unpaired) electrons. The molecule has 152 valence electrons. The van der Waals surface area contributed by atoms with Crippen LogP contribution in [0, 0.1) is 5.92 Å². The molecule has 0 bridgehead atoms. The number of hydrogen-bond donors (Lipinski definition) is 1. The highest BCUT2D eigenvalue weighted by molar-refractivity contribution is 7.15. The van der Waals surface area contributed by atoms with Gasteiger partial charge in [0.1, 0.15) is 4.34 Å². The van der Waals surface area contributed by atoms with Crippen LogP contribution in [0.15, 0.2) is 35.7 Å². The van der Waals surface area contributed by atoms with Gasteiger partial charge in [-0.2, -0.15) is 0 Å². The highest BCUT2D eigenvalue weighted by atomic mass is 35.5. The van der Waals surface area contributed by atoms with E-state index in [1.54, 1.807) is 5.38 Å². The molecule has 5 nitrogen and oxygen atoms in total. The third-order valence-electron chi connectivity index (χ3n) is 5.32. The van der Waals surface area contributed by atoms with E-state index in [9.17, 15) is 4.79 Å². The van der Waals surface area contributed by atoms with E-state index in [0.29, 0.717) is 27.8 Å². The summed E-state index contributed by atoms with van der Waals surface area (Å²) in [5.74, 6) is 1.34. The quantitative estimate of drug-likeness (QED) is 0.680. The monoisotopic (exact) mass is 422 g/mol. The Labute approximate surface area is 175 Å². The standard InChI is InChI=1S/C21H27ClN2O3S/c1-24(2)18(14-7-5-4-6-8-14)15-9-11-16(12-10-15)23-21(25)27-17-13-28-20(22)19(17)26-3/h4-8,13,15-16,18H,9-12H2,1-3H3,(H,23,25). The van der Waals surface area contributed by atoms with E-state index in [4.69, 9.17) is 21.1 Å². The lowest BCUT2D eigenvalue weighted by Gasteiger charge is -2.37. The van der Waals surface area contributed by atoms with Crippen molar-refractivity contribution in [3.05, 3.63) is 45.6 Å². The van der Waals surface area contributed by atoms with Crippen molar-refractivity contribution in [1.82, 2.24) is 10.2 Å². The highest BCUT2D eigenvalue weighted by Gasteiger charge is 2.30. The minimum Gasteiger partial charge on any atom is -0.491 e. The molecule has 1 atom stereocenters. The molecule has 28 heavy (non-hydrogen) atoms. The Morgan fingerprint density at radius 2 is 1.89 bits per heavy atom. The summed E-state index contributed by atoms with van der Waals surface area (Å²) < 4.78 is 11.0. The van der Waals surface area contributed by atoms with Gasteiger partial charge in [0.05, 0.1) is 7.11 Å². The molecule has 1 aromatic heterocycles. The molecule has 0 spiro atoms. The van der Waals surface area contributed by atoms with Crippen LogP contribution in [-0.4, -0.2) is 38.2 Å². The molecule has 0 aliphatic heterocycles. The third-order valence-corrected chi connectivity index (χ3v) is 6.48. The molecule has 3 rings (SSSR count). The fourth-order valence-corrected chi connectivity index (χ4v) is 5.04. The molecule has 1 amide bonds. The molecule has 1 heterocycles. The lowest BCUT2D eigenvalue weighted by atomic mass is 9.79. The van der Waals surface area contributed by atoms with Crippen LogP contribution in [-0.2, 0) is 0 Å². The molecule has 1 aliphatic carbocycles. The number of rotatable bonds is 6. The van der Waals surface area contributed by atoms with Crippen molar-refractivity contribution >= 4 is 29.0 Å². The van der Waals surface area contributed by atoms with Gasteiger partial charge in [-0.3, -0.25) is 0 Å². The van der Waals surface area contributed by atoms with Gasteiger partial charge >= 0.3 is 6.09 Å². The Kier molecular flexibility index (Phi) is 7.21. The van der Waals surface area contributed by atoms with Crippen molar-refractivity contribution in [2.24, 2.45) is 5.92 Å². The maximum Gasteiger partial charge on any atom is 0.412 e. The molecule has 1 N–H and O–H groups in total. The first kappa shape index (κ1) is 21.0. The van der Waals surface area contributed by atoms with Crippen LogP contribution in [0.25, 0.3) is 0 Å². The van der Waals surface area contributed by atoms with Crippen molar-refractivity contribution in [2.45, 2.75) is 37.8 Å². The number of methoxy groups -OCH3 is 1. The predicted octanol–water partition coefficient (Wildman–Crippen LogP) is 5.36. The number of thiophene rings is 1. The Morgan fingerprint density at radius 1 is 1.21 bits per heavy atom. The minimum atomic E-state index is -0.455. The second kappa shape index (κ2) is 9.63. The number of nitrogens with zero attached hydrogens (tertiary/aromatic N) is 1. The summed E-state index contributed by atoms with van der Waals surface area (Å²) >= 11 is 7.30. The minimum absolute atomic E-state index is 0.127. The van der Waals surface area contributed by atoms with Crippen molar-refractivity contribution < 1.29 is 14.3 Å². The average Bonchev–Trinajstić information content (AvgIpc) is 3.03. The van der Waals surface area contributed by atoms with Crippen LogP contribution in [0.2, 0.25) is 4.34 Å². The first-order chi connectivity index (χ1) is 13.5. The SMILES string of the molecule is COc1c(OC(=O)NC2CCC(C(c3ccccc3)N(C)C)CC2)csc1Cl. The average molecular weight is 423 g/mol. The lowest BCUT2D eigenvalue weighted by Crippen LogP contribution is -2.41. The number of carbonyl (C=O) groups excluding carboxylic acids is 1. The highest BCUT2D eigenvalue weighted by Crippen LogP contribution is 2.41. The van der Waals surface area contributed by atoms with Crippen molar-refractivity contribution in [3.63, 3.8) is 0 Å². The van der Waals surface area contributed by atoms with Crippen LogP contribution >= 0.6 is 22.9 Å². The van der Waals surface area contributed by atoms with Crippen LogP contribution < -0.4 is 14.8 Å². The first-order valence-corrected chi connectivity index (χ1v) is 10.8. The van der Waals surface area contributed by atoms with Gasteiger partial charge in [0.2, 0.25) is 0 Å². The van der Waals surface area contributed by atoms with E-state index in [1.807, 2.05) is 0 Å². The first-order valence-electron chi connectivity index (χ1n) is 9.50. The van der Waals surface area contributed by atoms with Gasteiger partial charge in [-0.05, 0) is 51.3 Å². The van der Waals surface area contributed by atoms with Gasteiger partial charge < -0.3 is 19.7 Å². The number of nitrogens with one attached hydrogen (secondary N) is 1. The lowest BCUT2D eigenvalue weighted by molar-refractivity contribution is 0.150. The van der Waals surface area contributed by atoms with Crippen molar-refractivity contribution in [2.75, 3.05) is 21.2 Å². The number of carbonyl (C=O) groups is 1. The van der Waals surface area contributed by atoms with E-state index < -0.39 is 6.09 Å². The van der Waals surface area contributed by atoms with E-state index in [-0.39, 0.29) is 6.04 Å². The molecular weight excluding hydrogens is 396 g/mol. The van der Waals surface area contributed by atoms with E-state index in [1.165, 1.54) is 24.0 Å². The summed E-state index contributed by atoms with van der Waals surface area (Å²) in [6.07, 6.45) is 3.56. The van der Waals surface area contributed by atoms with Crippen molar-refractivity contribution in [3.8, 4) is 11.5 Å². The normalized spacial score (nSPS) is 20.6. The number of benzene rings is 1. The molecule has 2 aromatic rings. The maximum absolute atomic E-state index is 12.3. The summed E-state index contributed by atoms with van der Waals surface area (Å²) in [5, 5.41) is 4.67. The Balaban J connectivity index is 1.54. The van der Waals surface area contributed by atoms with Gasteiger partial charge in [0, 0.05) is 17.5 Å².